The van der Waals surface area contributed by atoms with Crippen molar-refractivity contribution in [1.82, 2.24) is 19.7 Å². The molecule has 2 aromatic heterocycles. The van der Waals surface area contributed by atoms with Crippen molar-refractivity contribution in [3.63, 3.8) is 0 Å². The molecule has 0 aliphatic rings. The van der Waals surface area contributed by atoms with Crippen LogP contribution in [0.5, 0.6) is 0 Å². The Hall–Kier alpha value is -1.71. The summed E-state index contributed by atoms with van der Waals surface area (Å²) in [7, 11) is -3.61. The van der Waals surface area contributed by atoms with E-state index in [0.717, 1.165) is 0 Å². The predicted molar refractivity (Wildman–Crippen MR) is 66.5 cm³/mol. The second-order valence-electron chi connectivity index (χ2n) is 3.99. The SMILES string of the molecule is Cc1cc(CNS(=O)(=O)c2cnn(CCN)c2)on1. The lowest BCUT2D eigenvalue weighted by Crippen LogP contribution is -2.22. The Bertz CT molecular complexity index is 646. The van der Waals surface area contributed by atoms with Crippen molar-refractivity contribution in [2.75, 3.05) is 6.54 Å². The van der Waals surface area contributed by atoms with E-state index in [2.05, 4.69) is 15.0 Å². The van der Waals surface area contributed by atoms with Crippen LogP contribution in [0.4, 0.5) is 0 Å². The van der Waals surface area contributed by atoms with Crippen molar-refractivity contribution in [2.24, 2.45) is 5.73 Å². The molecule has 3 N–H and O–H groups in total. The van der Waals surface area contributed by atoms with Crippen LogP contribution in [0.25, 0.3) is 0 Å². The van der Waals surface area contributed by atoms with Crippen molar-refractivity contribution >= 4 is 10.0 Å². The van der Waals surface area contributed by atoms with Gasteiger partial charge in [-0.2, -0.15) is 5.10 Å². The molecule has 0 amide bonds. The maximum Gasteiger partial charge on any atom is 0.244 e. The number of hydrogen-bond acceptors (Lipinski definition) is 6. The van der Waals surface area contributed by atoms with Gasteiger partial charge >= 0.3 is 0 Å². The summed E-state index contributed by atoms with van der Waals surface area (Å²) in [5.74, 6) is 0.454. The number of sulfonamides is 1. The molecule has 0 aromatic carbocycles. The van der Waals surface area contributed by atoms with Crippen LogP contribution in [0.15, 0.2) is 27.9 Å². The summed E-state index contributed by atoms with van der Waals surface area (Å²) in [5, 5.41) is 7.59. The molecule has 9 heteroatoms. The Morgan fingerprint density at radius 1 is 1.53 bits per heavy atom. The van der Waals surface area contributed by atoms with Crippen molar-refractivity contribution in [1.29, 1.82) is 0 Å². The van der Waals surface area contributed by atoms with Crippen LogP contribution in [-0.2, 0) is 23.1 Å². The molecule has 0 spiro atoms. The van der Waals surface area contributed by atoms with Crippen molar-refractivity contribution in [3.8, 4) is 0 Å². The highest BCUT2D eigenvalue weighted by atomic mass is 32.2. The lowest BCUT2D eigenvalue weighted by molar-refractivity contribution is 0.377. The summed E-state index contributed by atoms with van der Waals surface area (Å²) in [6.07, 6.45) is 2.71. The summed E-state index contributed by atoms with van der Waals surface area (Å²) < 4.78 is 32.8. The Labute approximate surface area is 110 Å². The van der Waals surface area contributed by atoms with Gasteiger partial charge in [-0.1, -0.05) is 5.16 Å². The van der Waals surface area contributed by atoms with Gasteiger partial charge in [0, 0.05) is 18.8 Å². The minimum absolute atomic E-state index is 0.0469. The van der Waals surface area contributed by atoms with E-state index in [1.807, 2.05) is 0 Å². The van der Waals surface area contributed by atoms with Crippen molar-refractivity contribution in [3.05, 3.63) is 29.9 Å². The Morgan fingerprint density at radius 2 is 2.32 bits per heavy atom. The first kappa shape index (κ1) is 13.7. The molecule has 0 unspecified atom stereocenters. The standard InChI is InChI=1S/C10H15N5O3S/c1-8-4-9(18-14-8)5-13-19(16,17)10-6-12-15(7-10)3-2-11/h4,6-7,13H,2-3,5,11H2,1H3. The quantitative estimate of drug-likeness (QED) is 0.747. The van der Waals surface area contributed by atoms with E-state index in [-0.39, 0.29) is 11.4 Å². The van der Waals surface area contributed by atoms with Crippen molar-refractivity contribution in [2.45, 2.75) is 24.9 Å². The van der Waals surface area contributed by atoms with E-state index < -0.39 is 10.0 Å². The lowest BCUT2D eigenvalue weighted by atomic mass is 10.4. The smallest absolute Gasteiger partial charge is 0.244 e. The minimum Gasteiger partial charge on any atom is -0.360 e. The normalized spacial score (nSPS) is 11.9. The largest absolute Gasteiger partial charge is 0.360 e. The Kier molecular flexibility index (Phi) is 3.98. The predicted octanol–water partition coefficient (Wildman–Crippen LogP) is -0.383. The fraction of sp³-hybridized carbons (Fsp3) is 0.400. The first-order valence-corrected chi connectivity index (χ1v) is 7.14. The van der Waals surface area contributed by atoms with Crippen LogP contribution in [0.2, 0.25) is 0 Å². The molecule has 0 saturated carbocycles. The van der Waals surface area contributed by atoms with Gasteiger partial charge in [0.1, 0.15) is 4.90 Å². The molecule has 0 radical (unpaired) electrons. The monoisotopic (exact) mass is 285 g/mol. The number of hydrogen-bond donors (Lipinski definition) is 2. The second-order valence-corrected chi connectivity index (χ2v) is 5.75. The number of aryl methyl sites for hydroxylation is 1. The molecule has 2 heterocycles. The van der Waals surface area contributed by atoms with Gasteiger partial charge in [-0.05, 0) is 6.92 Å². The van der Waals surface area contributed by atoms with E-state index in [0.29, 0.717) is 24.5 Å². The zero-order valence-electron chi connectivity index (χ0n) is 10.4. The van der Waals surface area contributed by atoms with Crippen LogP contribution in [0.3, 0.4) is 0 Å². The molecule has 0 fully saturated rings. The Morgan fingerprint density at radius 3 is 2.95 bits per heavy atom. The third-order valence-corrected chi connectivity index (χ3v) is 3.75. The highest BCUT2D eigenvalue weighted by molar-refractivity contribution is 7.89. The van der Waals surface area contributed by atoms with Crippen LogP contribution in [0.1, 0.15) is 11.5 Å². The van der Waals surface area contributed by atoms with Crippen LogP contribution in [-0.4, -0.2) is 29.9 Å². The highest BCUT2D eigenvalue weighted by Gasteiger charge is 2.17. The fourth-order valence-corrected chi connectivity index (χ4v) is 2.43. The number of rotatable bonds is 6. The fourth-order valence-electron chi connectivity index (χ4n) is 1.49. The maximum atomic E-state index is 12.0. The topological polar surface area (TPSA) is 116 Å². The van der Waals surface area contributed by atoms with Crippen LogP contribution < -0.4 is 10.5 Å². The zero-order valence-corrected chi connectivity index (χ0v) is 11.2. The molecule has 19 heavy (non-hydrogen) atoms. The van der Waals surface area contributed by atoms with Gasteiger partial charge < -0.3 is 10.3 Å². The summed E-state index contributed by atoms with van der Waals surface area (Å²) in [5.41, 5.74) is 6.07. The van der Waals surface area contributed by atoms with E-state index >= 15 is 0 Å². The number of nitrogens with zero attached hydrogens (tertiary/aromatic N) is 3. The molecule has 2 rings (SSSR count). The van der Waals surface area contributed by atoms with Gasteiger partial charge in [0.25, 0.3) is 0 Å². The molecule has 8 nitrogen and oxygen atoms in total. The van der Waals surface area contributed by atoms with Gasteiger partial charge in [0.2, 0.25) is 10.0 Å². The lowest BCUT2D eigenvalue weighted by Gasteiger charge is -2.01. The molecule has 0 aliphatic heterocycles. The summed E-state index contributed by atoms with van der Waals surface area (Å²) in [6.45, 7) is 2.67. The van der Waals surface area contributed by atoms with Gasteiger partial charge in [-0.15, -0.1) is 0 Å². The molecule has 0 bridgehead atoms. The van der Waals surface area contributed by atoms with Gasteiger partial charge in [0.05, 0.1) is 25.0 Å². The highest BCUT2D eigenvalue weighted by Crippen LogP contribution is 2.08. The van der Waals surface area contributed by atoms with Gasteiger partial charge in [0.15, 0.2) is 5.76 Å². The van der Waals surface area contributed by atoms with Gasteiger partial charge in [-0.3, -0.25) is 4.68 Å². The van der Waals surface area contributed by atoms with E-state index in [1.165, 1.54) is 17.1 Å². The summed E-state index contributed by atoms with van der Waals surface area (Å²) in [4.78, 5) is 0.0946. The zero-order chi connectivity index (χ0) is 13.9. The summed E-state index contributed by atoms with van der Waals surface area (Å²) in [6, 6.07) is 1.67. The maximum absolute atomic E-state index is 12.0. The number of nitrogens with two attached hydrogens (primary N) is 1. The molecule has 104 valence electrons. The third-order valence-electron chi connectivity index (χ3n) is 2.39. The molecule has 0 atom stereocenters. The average Bonchev–Trinajstić information content (AvgIpc) is 2.97. The second kappa shape index (κ2) is 5.51. The van der Waals surface area contributed by atoms with E-state index in [1.54, 1.807) is 13.0 Å². The van der Waals surface area contributed by atoms with Gasteiger partial charge in [-0.25, -0.2) is 13.1 Å². The van der Waals surface area contributed by atoms with Crippen LogP contribution >= 0.6 is 0 Å². The minimum atomic E-state index is -3.61. The van der Waals surface area contributed by atoms with E-state index in [4.69, 9.17) is 10.3 Å². The van der Waals surface area contributed by atoms with E-state index in [9.17, 15) is 8.42 Å². The van der Waals surface area contributed by atoms with Crippen LogP contribution in [0, 0.1) is 6.92 Å². The first-order valence-electron chi connectivity index (χ1n) is 5.65. The third kappa shape index (κ3) is 3.40. The molecule has 0 aliphatic carbocycles. The summed E-state index contributed by atoms with van der Waals surface area (Å²) >= 11 is 0. The Balaban J connectivity index is 2.04. The molecule has 2 aromatic rings. The number of aromatic nitrogens is 3. The first-order chi connectivity index (χ1) is 9.01. The number of nitrogens with one attached hydrogen (secondary N) is 1. The van der Waals surface area contributed by atoms with Crippen molar-refractivity contribution < 1.29 is 12.9 Å². The average molecular weight is 285 g/mol. The molecular weight excluding hydrogens is 270 g/mol. The molecule has 0 saturated heterocycles. The molecular formula is C10H15N5O3S.